The van der Waals surface area contributed by atoms with Crippen LogP contribution in [0.15, 0.2) is 24.7 Å². The molecule has 3 heterocycles. The topological polar surface area (TPSA) is 48.5 Å². The highest BCUT2D eigenvalue weighted by Crippen LogP contribution is 2.22. The van der Waals surface area contributed by atoms with E-state index >= 15 is 0 Å². The molecular weight excluding hydrogens is 262 g/mol. The summed E-state index contributed by atoms with van der Waals surface area (Å²) in [5, 5.41) is 4.21. The lowest BCUT2D eigenvalue weighted by atomic mass is 10.3. The normalized spacial score (nSPS) is 11.3. The Morgan fingerprint density at radius 1 is 1.37 bits per heavy atom. The van der Waals surface area contributed by atoms with Crippen molar-refractivity contribution in [2.45, 2.75) is 13.3 Å². The number of hydrogen-bond acceptors (Lipinski definition) is 3. The Hall–Kier alpha value is -1.88. The number of alkyl halides is 1. The molecule has 3 aromatic heterocycles. The van der Waals surface area contributed by atoms with E-state index < -0.39 is 0 Å². The Morgan fingerprint density at radius 3 is 2.89 bits per heavy atom. The number of rotatable bonds is 3. The Bertz CT molecular complexity index is 728. The second-order valence-corrected chi connectivity index (χ2v) is 4.85. The first-order valence-electron chi connectivity index (χ1n) is 6.08. The quantitative estimate of drug-likeness (QED) is 0.689. The van der Waals surface area contributed by atoms with Crippen molar-refractivity contribution in [2.24, 2.45) is 7.05 Å². The number of aromatic nitrogens is 5. The van der Waals surface area contributed by atoms with Crippen LogP contribution >= 0.6 is 11.6 Å². The Morgan fingerprint density at radius 2 is 2.21 bits per heavy atom. The Kier molecular flexibility index (Phi) is 2.98. The second kappa shape index (κ2) is 4.66. The summed E-state index contributed by atoms with van der Waals surface area (Å²) in [4.78, 5) is 9.12. The predicted molar refractivity (Wildman–Crippen MR) is 74.8 cm³/mol. The molecule has 0 atom stereocenters. The number of hydrogen-bond donors (Lipinski definition) is 0. The zero-order chi connectivity index (χ0) is 13.4. The van der Waals surface area contributed by atoms with Gasteiger partial charge in [0.25, 0.3) is 0 Å². The van der Waals surface area contributed by atoms with E-state index in [4.69, 9.17) is 11.6 Å². The maximum absolute atomic E-state index is 5.87. The standard InChI is InChI=1S/C13H14ClN5/c1-9-4-6-15-13-12(9)17-11(3-5-14)19(13)10-7-16-18(2)8-10/h4,6-8H,3,5H2,1-2H3. The van der Waals surface area contributed by atoms with Gasteiger partial charge in [-0.15, -0.1) is 11.6 Å². The minimum absolute atomic E-state index is 0.530. The van der Waals surface area contributed by atoms with Gasteiger partial charge in [-0.2, -0.15) is 5.10 Å². The van der Waals surface area contributed by atoms with Gasteiger partial charge in [-0.25, -0.2) is 9.97 Å². The first-order chi connectivity index (χ1) is 9.20. The van der Waals surface area contributed by atoms with Crippen molar-refractivity contribution in [2.75, 3.05) is 5.88 Å². The first kappa shape index (κ1) is 12.2. The van der Waals surface area contributed by atoms with Gasteiger partial charge in [0.2, 0.25) is 0 Å². The predicted octanol–water partition coefficient (Wildman–Crippen LogP) is 2.24. The smallest absolute Gasteiger partial charge is 0.165 e. The average molecular weight is 276 g/mol. The summed E-state index contributed by atoms with van der Waals surface area (Å²) in [7, 11) is 1.89. The average Bonchev–Trinajstić information content (AvgIpc) is 2.94. The van der Waals surface area contributed by atoms with Crippen molar-refractivity contribution in [1.29, 1.82) is 0 Å². The number of pyridine rings is 1. The summed E-state index contributed by atoms with van der Waals surface area (Å²) in [6.07, 6.45) is 6.26. The molecule has 0 spiro atoms. The minimum atomic E-state index is 0.530. The maximum Gasteiger partial charge on any atom is 0.165 e. The van der Waals surface area contributed by atoms with Crippen LogP contribution in [0.1, 0.15) is 11.4 Å². The van der Waals surface area contributed by atoms with E-state index in [1.165, 1.54) is 0 Å². The van der Waals surface area contributed by atoms with Crippen molar-refractivity contribution >= 4 is 22.8 Å². The highest BCUT2D eigenvalue weighted by Gasteiger charge is 2.15. The van der Waals surface area contributed by atoms with E-state index in [-0.39, 0.29) is 0 Å². The third kappa shape index (κ3) is 2.00. The molecule has 0 saturated heterocycles. The molecule has 0 aromatic carbocycles. The SMILES string of the molecule is Cc1ccnc2c1nc(CCCl)n2-c1cnn(C)c1. The molecule has 0 unspecified atom stereocenters. The van der Waals surface area contributed by atoms with Gasteiger partial charge in [-0.3, -0.25) is 9.25 Å². The third-order valence-corrected chi connectivity index (χ3v) is 3.27. The van der Waals surface area contributed by atoms with Gasteiger partial charge >= 0.3 is 0 Å². The van der Waals surface area contributed by atoms with Crippen LogP contribution in [-0.4, -0.2) is 30.2 Å². The van der Waals surface area contributed by atoms with Gasteiger partial charge in [0.15, 0.2) is 5.65 Å². The van der Waals surface area contributed by atoms with E-state index in [1.54, 1.807) is 10.9 Å². The van der Waals surface area contributed by atoms with Crippen LogP contribution in [0.2, 0.25) is 0 Å². The monoisotopic (exact) mass is 275 g/mol. The van der Waals surface area contributed by atoms with E-state index in [0.717, 1.165) is 28.2 Å². The van der Waals surface area contributed by atoms with Crippen LogP contribution in [0.5, 0.6) is 0 Å². The molecule has 6 heteroatoms. The summed E-state index contributed by atoms with van der Waals surface area (Å²) in [6, 6.07) is 1.97. The molecule has 0 fully saturated rings. The summed E-state index contributed by atoms with van der Waals surface area (Å²) in [6.45, 7) is 2.04. The van der Waals surface area contributed by atoms with Crippen molar-refractivity contribution in [3.05, 3.63) is 36.0 Å². The van der Waals surface area contributed by atoms with Crippen molar-refractivity contribution < 1.29 is 0 Å². The molecule has 0 aliphatic rings. The molecular formula is C13H14ClN5. The fourth-order valence-electron chi connectivity index (χ4n) is 2.19. The lowest BCUT2D eigenvalue weighted by molar-refractivity contribution is 0.767. The van der Waals surface area contributed by atoms with E-state index in [2.05, 4.69) is 15.1 Å². The summed E-state index contributed by atoms with van der Waals surface area (Å²) in [5.74, 6) is 1.45. The fourth-order valence-corrected chi connectivity index (χ4v) is 2.36. The molecule has 0 aliphatic heterocycles. The zero-order valence-electron chi connectivity index (χ0n) is 10.8. The van der Waals surface area contributed by atoms with Gasteiger partial charge in [-0.05, 0) is 18.6 Å². The minimum Gasteiger partial charge on any atom is -0.277 e. The summed E-state index contributed by atoms with van der Waals surface area (Å²) in [5.41, 5.74) is 3.85. The molecule has 0 bridgehead atoms. The van der Waals surface area contributed by atoms with Crippen LogP contribution in [0.4, 0.5) is 0 Å². The van der Waals surface area contributed by atoms with Crippen LogP contribution in [0.25, 0.3) is 16.9 Å². The number of halogens is 1. The lowest BCUT2D eigenvalue weighted by Crippen LogP contribution is -2.02. The number of fused-ring (bicyclic) bond motifs is 1. The molecule has 0 amide bonds. The number of aryl methyl sites for hydroxylation is 3. The highest BCUT2D eigenvalue weighted by molar-refractivity contribution is 6.17. The molecule has 3 rings (SSSR count). The molecule has 3 aromatic rings. The first-order valence-corrected chi connectivity index (χ1v) is 6.62. The number of imidazole rings is 1. The van der Waals surface area contributed by atoms with Gasteiger partial charge in [0.05, 0.1) is 11.9 Å². The van der Waals surface area contributed by atoms with Crippen LogP contribution in [0.3, 0.4) is 0 Å². The lowest BCUT2D eigenvalue weighted by Gasteiger charge is -2.04. The van der Waals surface area contributed by atoms with Crippen LogP contribution in [-0.2, 0) is 13.5 Å². The maximum atomic E-state index is 5.87. The molecule has 5 nitrogen and oxygen atoms in total. The van der Waals surface area contributed by atoms with Gasteiger partial charge < -0.3 is 0 Å². The zero-order valence-corrected chi connectivity index (χ0v) is 11.6. The fraction of sp³-hybridized carbons (Fsp3) is 0.308. The molecule has 0 aliphatic carbocycles. The van der Waals surface area contributed by atoms with Crippen LogP contribution in [0, 0.1) is 6.92 Å². The van der Waals surface area contributed by atoms with Crippen molar-refractivity contribution in [1.82, 2.24) is 24.3 Å². The summed E-state index contributed by atoms with van der Waals surface area (Å²) >= 11 is 5.87. The van der Waals surface area contributed by atoms with E-state index in [9.17, 15) is 0 Å². The summed E-state index contributed by atoms with van der Waals surface area (Å²) < 4.78 is 3.79. The van der Waals surface area contributed by atoms with Crippen LogP contribution < -0.4 is 0 Å². The van der Waals surface area contributed by atoms with E-state index in [1.807, 2.05) is 37.0 Å². The molecule has 19 heavy (non-hydrogen) atoms. The molecule has 0 N–H and O–H groups in total. The van der Waals surface area contributed by atoms with Gasteiger partial charge in [-0.1, -0.05) is 0 Å². The van der Waals surface area contributed by atoms with E-state index in [0.29, 0.717) is 12.3 Å². The second-order valence-electron chi connectivity index (χ2n) is 4.47. The van der Waals surface area contributed by atoms with Gasteiger partial charge in [0, 0.05) is 31.7 Å². The highest BCUT2D eigenvalue weighted by atomic mass is 35.5. The third-order valence-electron chi connectivity index (χ3n) is 3.09. The largest absolute Gasteiger partial charge is 0.277 e. The van der Waals surface area contributed by atoms with Crippen molar-refractivity contribution in [3.8, 4) is 5.69 Å². The molecule has 0 radical (unpaired) electrons. The molecule has 0 saturated carbocycles. The molecule has 98 valence electrons. The Balaban J connectivity index is 2.31. The number of nitrogens with zero attached hydrogens (tertiary/aromatic N) is 5. The van der Waals surface area contributed by atoms with Gasteiger partial charge in [0.1, 0.15) is 11.3 Å². The Labute approximate surface area is 115 Å². The van der Waals surface area contributed by atoms with Crippen molar-refractivity contribution in [3.63, 3.8) is 0 Å².